The van der Waals surface area contributed by atoms with Gasteiger partial charge < -0.3 is 4.74 Å². The summed E-state index contributed by atoms with van der Waals surface area (Å²) in [5.74, 6) is 1.54. The van der Waals surface area contributed by atoms with Crippen LogP contribution in [0.15, 0.2) is 0 Å². The molecule has 0 aliphatic heterocycles. The zero-order valence-corrected chi connectivity index (χ0v) is 10.2. The fraction of sp³-hybridized carbons (Fsp3) is 0.857. The van der Waals surface area contributed by atoms with Crippen molar-refractivity contribution in [2.24, 2.45) is 11.8 Å². The standard InChI is InChI=1S/C14H26O/c1-3-5-6-7-10-15-12-14-9-8-13(4-2)11-14/h9,13-14H,2-8,10-12H2,1H3. The third kappa shape index (κ3) is 5.55. The highest BCUT2D eigenvalue weighted by Crippen LogP contribution is 2.31. The number of ether oxygens (including phenoxy) is 1. The van der Waals surface area contributed by atoms with Gasteiger partial charge in [-0.25, -0.2) is 0 Å². The van der Waals surface area contributed by atoms with Gasteiger partial charge in [-0.05, 0) is 37.5 Å². The normalized spacial score (nSPS) is 26.0. The van der Waals surface area contributed by atoms with E-state index in [2.05, 4.69) is 20.3 Å². The van der Waals surface area contributed by atoms with Crippen molar-refractivity contribution in [2.45, 2.75) is 51.9 Å². The topological polar surface area (TPSA) is 9.23 Å². The lowest BCUT2D eigenvalue weighted by Gasteiger charge is -2.10. The molecule has 1 heteroatoms. The third-order valence-corrected chi connectivity index (χ3v) is 3.32. The summed E-state index contributed by atoms with van der Waals surface area (Å²) in [5.41, 5.74) is 0. The van der Waals surface area contributed by atoms with Crippen molar-refractivity contribution in [3.8, 4) is 0 Å². The van der Waals surface area contributed by atoms with E-state index in [-0.39, 0.29) is 0 Å². The predicted octanol–water partition coefficient (Wildman–Crippen LogP) is 4.04. The molecule has 1 fully saturated rings. The van der Waals surface area contributed by atoms with Crippen LogP contribution in [0.4, 0.5) is 0 Å². The first-order valence-electron chi connectivity index (χ1n) is 6.57. The van der Waals surface area contributed by atoms with Crippen molar-refractivity contribution in [1.82, 2.24) is 0 Å². The predicted molar refractivity (Wildman–Crippen MR) is 65.4 cm³/mol. The second kappa shape index (κ2) is 8.15. The molecule has 88 valence electrons. The van der Waals surface area contributed by atoms with Gasteiger partial charge in [0.05, 0.1) is 0 Å². The van der Waals surface area contributed by atoms with Crippen LogP contribution in [0.5, 0.6) is 0 Å². The van der Waals surface area contributed by atoms with Gasteiger partial charge in [0.15, 0.2) is 0 Å². The Bertz CT molecular complexity index is 144. The SMILES string of the molecule is [CH2]CC1C[CH]C(COCCCCCC)C1. The number of unbranched alkanes of at least 4 members (excludes halogenated alkanes) is 3. The quantitative estimate of drug-likeness (QED) is 0.549. The van der Waals surface area contributed by atoms with Crippen LogP contribution in [-0.2, 0) is 4.74 Å². The number of hydrogen-bond donors (Lipinski definition) is 0. The van der Waals surface area contributed by atoms with Crippen molar-refractivity contribution in [1.29, 1.82) is 0 Å². The highest BCUT2D eigenvalue weighted by molar-refractivity contribution is 4.89. The summed E-state index contributed by atoms with van der Waals surface area (Å²) >= 11 is 0. The van der Waals surface area contributed by atoms with Gasteiger partial charge in [0.2, 0.25) is 0 Å². The Hall–Kier alpha value is -0.0400. The van der Waals surface area contributed by atoms with E-state index in [0.717, 1.165) is 25.6 Å². The van der Waals surface area contributed by atoms with Crippen LogP contribution in [0.25, 0.3) is 0 Å². The van der Waals surface area contributed by atoms with Gasteiger partial charge in [0, 0.05) is 13.2 Å². The van der Waals surface area contributed by atoms with E-state index < -0.39 is 0 Å². The van der Waals surface area contributed by atoms with Crippen molar-refractivity contribution in [2.75, 3.05) is 13.2 Å². The van der Waals surface area contributed by atoms with E-state index in [0.29, 0.717) is 5.92 Å². The van der Waals surface area contributed by atoms with Crippen molar-refractivity contribution in [3.05, 3.63) is 13.3 Å². The van der Waals surface area contributed by atoms with Crippen LogP contribution in [-0.4, -0.2) is 13.2 Å². The Morgan fingerprint density at radius 1 is 1.33 bits per heavy atom. The van der Waals surface area contributed by atoms with E-state index in [4.69, 9.17) is 4.74 Å². The van der Waals surface area contributed by atoms with E-state index >= 15 is 0 Å². The zero-order chi connectivity index (χ0) is 10.9. The smallest absolute Gasteiger partial charge is 0.0497 e. The summed E-state index contributed by atoms with van der Waals surface area (Å²) in [6, 6.07) is 0. The molecule has 0 heterocycles. The molecule has 0 spiro atoms. The lowest BCUT2D eigenvalue weighted by atomic mass is 10.0. The molecule has 1 aliphatic carbocycles. The fourth-order valence-corrected chi connectivity index (χ4v) is 2.24. The Balaban J connectivity index is 1.88. The first kappa shape index (κ1) is 13.0. The molecule has 0 aromatic carbocycles. The first-order valence-corrected chi connectivity index (χ1v) is 6.57. The minimum atomic E-state index is 0.711. The maximum absolute atomic E-state index is 5.71. The molecule has 0 bridgehead atoms. The van der Waals surface area contributed by atoms with Gasteiger partial charge in [-0.1, -0.05) is 39.5 Å². The average molecular weight is 210 g/mol. The van der Waals surface area contributed by atoms with Gasteiger partial charge in [-0.2, -0.15) is 0 Å². The molecule has 0 N–H and O–H groups in total. The molecule has 1 saturated carbocycles. The molecule has 0 aromatic rings. The van der Waals surface area contributed by atoms with Crippen molar-refractivity contribution >= 4 is 0 Å². The van der Waals surface area contributed by atoms with Crippen LogP contribution >= 0.6 is 0 Å². The van der Waals surface area contributed by atoms with Gasteiger partial charge in [0.1, 0.15) is 0 Å². The second-order valence-electron chi connectivity index (χ2n) is 4.76. The van der Waals surface area contributed by atoms with E-state index in [1.165, 1.54) is 38.5 Å². The Labute approximate surface area is 95.6 Å². The monoisotopic (exact) mass is 210 g/mol. The summed E-state index contributed by atoms with van der Waals surface area (Å²) in [6.07, 6.45) is 11.3. The number of rotatable bonds is 8. The van der Waals surface area contributed by atoms with E-state index in [9.17, 15) is 0 Å². The molecule has 2 atom stereocenters. The highest BCUT2D eigenvalue weighted by Gasteiger charge is 2.23. The van der Waals surface area contributed by atoms with Crippen LogP contribution in [0.2, 0.25) is 0 Å². The van der Waals surface area contributed by atoms with Gasteiger partial charge in [-0.15, -0.1) is 0 Å². The minimum Gasteiger partial charge on any atom is -0.381 e. The molecule has 15 heavy (non-hydrogen) atoms. The largest absolute Gasteiger partial charge is 0.381 e. The third-order valence-electron chi connectivity index (χ3n) is 3.32. The Kier molecular flexibility index (Phi) is 7.08. The summed E-state index contributed by atoms with van der Waals surface area (Å²) in [5, 5.41) is 0. The van der Waals surface area contributed by atoms with Crippen molar-refractivity contribution in [3.63, 3.8) is 0 Å². The van der Waals surface area contributed by atoms with Crippen LogP contribution in [0.3, 0.4) is 0 Å². The molecule has 0 amide bonds. The first-order chi connectivity index (χ1) is 7.36. The lowest BCUT2D eigenvalue weighted by Crippen LogP contribution is -2.07. The van der Waals surface area contributed by atoms with Crippen LogP contribution < -0.4 is 0 Å². The van der Waals surface area contributed by atoms with Crippen LogP contribution in [0.1, 0.15) is 51.9 Å². The second-order valence-corrected chi connectivity index (χ2v) is 4.76. The maximum atomic E-state index is 5.71. The molecular weight excluding hydrogens is 184 g/mol. The molecule has 2 radical (unpaired) electrons. The molecule has 0 aromatic heterocycles. The molecule has 0 saturated heterocycles. The molecular formula is C14H26O. The minimum absolute atomic E-state index is 0.711. The highest BCUT2D eigenvalue weighted by atomic mass is 16.5. The summed E-state index contributed by atoms with van der Waals surface area (Å²) < 4.78 is 5.71. The van der Waals surface area contributed by atoms with E-state index in [1.807, 2.05) is 0 Å². The lowest BCUT2D eigenvalue weighted by molar-refractivity contribution is 0.105. The van der Waals surface area contributed by atoms with Gasteiger partial charge in [-0.3, -0.25) is 0 Å². The van der Waals surface area contributed by atoms with Gasteiger partial charge in [0.25, 0.3) is 0 Å². The summed E-state index contributed by atoms with van der Waals surface area (Å²) in [4.78, 5) is 0. The van der Waals surface area contributed by atoms with Gasteiger partial charge >= 0.3 is 0 Å². The zero-order valence-electron chi connectivity index (χ0n) is 10.2. The number of hydrogen-bond acceptors (Lipinski definition) is 1. The fourth-order valence-electron chi connectivity index (χ4n) is 2.24. The molecule has 1 nitrogen and oxygen atoms in total. The molecule has 1 rings (SSSR count). The van der Waals surface area contributed by atoms with E-state index in [1.54, 1.807) is 0 Å². The Morgan fingerprint density at radius 3 is 2.87 bits per heavy atom. The Morgan fingerprint density at radius 2 is 2.20 bits per heavy atom. The molecule has 1 aliphatic rings. The molecule has 2 unspecified atom stereocenters. The average Bonchev–Trinajstić information content (AvgIpc) is 2.71. The van der Waals surface area contributed by atoms with Crippen molar-refractivity contribution < 1.29 is 4.74 Å². The maximum Gasteiger partial charge on any atom is 0.0497 e. The van der Waals surface area contributed by atoms with Crippen LogP contribution in [0, 0.1) is 25.2 Å². The summed E-state index contributed by atoms with van der Waals surface area (Å²) in [6.45, 7) is 8.12. The summed E-state index contributed by atoms with van der Waals surface area (Å²) in [7, 11) is 0.